The largest absolute Gasteiger partial charge is 0.494 e. The number of hydrogen-bond donors (Lipinski definition) is 0. The Hall–Kier alpha value is -1.48. The van der Waals surface area contributed by atoms with E-state index in [1.54, 1.807) is 0 Å². The van der Waals surface area contributed by atoms with E-state index >= 15 is 0 Å². The summed E-state index contributed by atoms with van der Waals surface area (Å²) >= 11 is 0. The van der Waals surface area contributed by atoms with Crippen LogP contribution in [0.4, 0.5) is 0 Å². The number of esters is 1. The molecule has 0 aliphatic carbocycles. The maximum absolute atomic E-state index is 10.9. The molecule has 4 heteroatoms. The van der Waals surface area contributed by atoms with Crippen LogP contribution in [-0.4, -0.2) is 19.7 Å². The zero-order valence-electron chi connectivity index (χ0n) is 14.8. The van der Waals surface area contributed by atoms with Crippen LogP contribution in [0.25, 0.3) is 6.08 Å². The van der Waals surface area contributed by atoms with Crippen LogP contribution >= 0.6 is 12.4 Å². The molecule has 0 unspecified atom stereocenters. The highest BCUT2D eigenvalue weighted by Gasteiger charge is 1.99. The summed E-state index contributed by atoms with van der Waals surface area (Å²) < 4.78 is 10.3. The summed E-state index contributed by atoms with van der Waals surface area (Å²) in [6.45, 7) is 4.52. The SMILES string of the molecule is C=Cc1ccc(OCCCCCCCCCCC(=O)OC)cc1.Cl. The van der Waals surface area contributed by atoms with Gasteiger partial charge in [0.15, 0.2) is 0 Å². The van der Waals surface area contributed by atoms with E-state index in [0.717, 1.165) is 37.2 Å². The van der Waals surface area contributed by atoms with Crippen molar-refractivity contribution in [3.8, 4) is 5.75 Å². The summed E-state index contributed by atoms with van der Waals surface area (Å²) in [6.07, 6.45) is 11.8. The molecule has 0 heterocycles. The fourth-order valence-electron chi connectivity index (χ4n) is 2.42. The first-order valence-corrected chi connectivity index (χ1v) is 8.68. The average molecular weight is 355 g/mol. The Balaban J connectivity index is 0.00000529. The van der Waals surface area contributed by atoms with E-state index in [1.165, 1.54) is 39.2 Å². The third-order valence-corrected chi connectivity index (χ3v) is 3.89. The smallest absolute Gasteiger partial charge is 0.305 e. The maximum Gasteiger partial charge on any atom is 0.305 e. The lowest BCUT2D eigenvalue weighted by Gasteiger charge is -2.06. The quantitative estimate of drug-likeness (QED) is 0.331. The zero-order valence-corrected chi connectivity index (χ0v) is 15.6. The standard InChI is InChI=1S/C20H30O3.ClH/c1-3-18-13-15-19(16-14-18)23-17-11-9-7-5-4-6-8-10-12-20(21)22-2;/h3,13-16H,1,4-12,17H2,2H3;1H. The van der Waals surface area contributed by atoms with E-state index in [2.05, 4.69) is 11.3 Å². The highest BCUT2D eigenvalue weighted by molar-refractivity contribution is 5.85. The van der Waals surface area contributed by atoms with Crippen LogP contribution < -0.4 is 4.74 Å². The molecule has 0 fully saturated rings. The Bertz CT molecular complexity index is 443. The van der Waals surface area contributed by atoms with Gasteiger partial charge in [-0.15, -0.1) is 12.4 Å². The lowest BCUT2D eigenvalue weighted by molar-refractivity contribution is -0.140. The van der Waals surface area contributed by atoms with Gasteiger partial charge in [-0.2, -0.15) is 0 Å². The first kappa shape index (κ1) is 22.5. The number of ether oxygens (including phenoxy) is 2. The predicted molar refractivity (Wildman–Crippen MR) is 103 cm³/mol. The van der Waals surface area contributed by atoms with Crippen molar-refractivity contribution in [3.05, 3.63) is 36.4 Å². The van der Waals surface area contributed by atoms with Crippen LogP contribution in [-0.2, 0) is 9.53 Å². The van der Waals surface area contributed by atoms with Gasteiger partial charge >= 0.3 is 5.97 Å². The molecule has 0 saturated carbocycles. The van der Waals surface area contributed by atoms with Crippen molar-refractivity contribution < 1.29 is 14.3 Å². The Labute approximate surface area is 152 Å². The first-order chi connectivity index (χ1) is 11.3. The van der Waals surface area contributed by atoms with Gasteiger partial charge < -0.3 is 9.47 Å². The molecule has 1 rings (SSSR count). The predicted octanol–water partition coefficient (Wildman–Crippen LogP) is 5.81. The number of benzene rings is 1. The maximum atomic E-state index is 10.9. The van der Waals surface area contributed by atoms with Crippen molar-refractivity contribution in [2.45, 2.75) is 57.8 Å². The van der Waals surface area contributed by atoms with Crippen LogP contribution in [0, 0.1) is 0 Å². The summed E-state index contributed by atoms with van der Waals surface area (Å²) in [5.41, 5.74) is 1.11. The number of unbranched alkanes of at least 4 members (excludes halogenated alkanes) is 7. The van der Waals surface area contributed by atoms with Crippen molar-refractivity contribution in [2.75, 3.05) is 13.7 Å². The molecule has 0 aromatic heterocycles. The van der Waals surface area contributed by atoms with Gasteiger partial charge in [0.1, 0.15) is 5.75 Å². The molecule has 1 aromatic carbocycles. The Morgan fingerprint density at radius 1 is 0.958 bits per heavy atom. The zero-order chi connectivity index (χ0) is 16.8. The van der Waals surface area contributed by atoms with Crippen molar-refractivity contribution in [1.82, 2.24) is 0 Å². The number of halogens is 1. The highest BCUT2D eigenvalue weighted by atomic mass is 35.5. The molecular formula is C20H31ClO3. The molecule has 0 spiro atoms. The molecule has 0 saturated heterocycles. The number of carbonyl (C=O) groups is 1. The minimum atomic E-state index is -0.0934. The Morgan fingerprint density at radius 2 is 1.50 bits per heavy atom. The van der Waals surface area contributed by atoms with Crippen LogP contribution in [0.5, 0.6) is 5.75 Å². The molecule has 136 valence electrons. The van der Waals surface area contributed by atoms with Crippen LogP contribution in [0.3, 0.4) is 0 Å². The molecule has 0 aliphatic heterocycles. The summed E-state index contributed by atoms with van der Waals surface area (Å²) in [6, 6.07) is 8.02. The Morgan fingerprint density at radius 3 is 2.04 bits per heavy atom. The van der Waals surface area contributed by atoms with Gasteiger partial charge in [-0.1, -0.05) is 63.3 Å². The molecule has 3 nitrogen and oxygen atoms in total. The summed E-state index contributed by atoms with van der Waals surface area (Å²) in [4.78, 5) is 10.9. The molecule has 0 atom stereocenters. The minimum Gasteiger partial charge on any atom is -0.494 e. The third kappa shape index (κ3) is 11.1. The lowest BCUT2D eigenvalue weighted by Crippen LogP contribution is -1.99. The van der Waals surface area contributed by atoms with E-state index in [1.807, 2.05) is 30.3 Å². The molecule has 0 radical (unpaired) electrons. The van der Waals surface area contributed by atoms with E-state index in [-0.39, 0.29) is 18.4 Å². The van der Waals surface area contributed by atoms with Crippen LogP contribution in [0.15, 0.2) is 30.8 Å². The number of carbonyl (C=O) groups excluding carboxylic acids is 1. The number of hydrogen-bond acceptors (Lipinski definition) is 3. The second kappa shape index (κ2) is 15.1. The lowest BCUT2D eigenvalue weighted by atomic mass is 10.1. The van der Waals surface area contributed by atoms with Gasteiger partial charge in [0, 0.05) is 6.42 Å². The molecule has 24 heavy (non-hydrogen) atoms. The van der Waals surface area contributed by atoms with Gasteiger partial charge in [0.2, 0.25) is 0 Å². The fourth-order valence-corrected chi connectivity index (χ4v) is 2.42. The van der Waals surface area contributed by atoms with E-state index < -0.39 is 0 Å². The molecule has 0 aliphatic rings. The summed E-state index contributed by atoms with van der Waals surface area (Å²) in [5.74, 6) is 0.838. The molecular weight excluding hydrogens is 324 g/mol. The average Bonchev–Trinajstić information content (AvgIpc) is 2.59. The van der Waals surface area contributed by atoms with Crippen molar-refractivity contribution in [1.29, 1.82) is 0 Å². The monoisotopic (exact) mass is 354 g/mol. The van der Waals surface area contributed by atoms with E-state index in [0.29, 0.717) is 6.42 Å². The van der Waals surface area contributed by atoms with Crippen molar-refractivity contribution in [2.24, 2.45) is 0 Å². The third-order valence-electron chi connectivity index (χ3n) is 3.89. The van der Waals surface area contributed by atoms with Gasteiger partial charge in [0.25, 0.3) is 0 Å². The molecule has 0 amide bonds. The fraction of sp³-hybridized carbons (Fsp3) is 0.550. The second-order valence-corrected chi connectivity index (χ2v) is 5.78. The molecule has 1 aromatic rings. The van der Waals surface area contributed by atoms with Crippen molar-refractivity contribution in [3.63, 3.8) is 0 Å². The second-order valence-electron chi connectivity index (χ2n) is 5.78. The summed E-state index contributed by atoms with van der Waals surface area (Å²) in [5, 5.41) is 0. The van der Waals surface area contributed by atoms with Crippen molar-refractivity contribution >= 4 is 24.5 Å². The normalized spacial score (nSPS) is 9.88. The topological polar surface area (TPSA) is 35.5 Å². The van der Waals surface area contributed by atoms with E-state index in [4.69, 9.17) is 4.74 Å². The first-order valence-electron chi connectivity index (χ1n) is 8.68. The Kier molecular flexibility index (Phi) is 14.1. The van der Waals surface area contributed by atoms with Gasteiger partial charge in [0.05, 0.1) is 13.7 Å². The highest BCUT2D eigenvalue weighted by Crippen LogP contribution is 2.14. The van der Waals surface area contributed by atoms with Gasteiger partial charge in [-0.3, -0.25) is 4.79 Å². The van der Waals surface area contributed by atoms with Gasteiger partial charge in [-0.25, -0.2) is 0 Å². The van der Waals surface area contributed by atoms with Crippen LogP contribution in [0.2, 0.25) is 0 Å². The van der Waals surface area contributed by atoms with Gasteiger partial charge in [-0.05, 0) is 30.5 Å². The molecule has 0 N–H and O–H groups in total. The number of rotatable bonds is 13. The van der Waals surface area contributed by atoms with Crippen LogP contribution in [0.1, 0.15) is 63.4 Å². The summed E-state index contributed by atoms with van der Waals surface area (Å²) in [7, 11) is 1.45. The van der Waals surface area contributed by atoms with E-state index in [9.17, 15) is 4.79 Å². The number of methoxy groups -OCH3 is 1. The minimum absolute atomic E-state index is 0. The molecule has 0 bridgehead atoms.